The number of amides is 1. The molecule has 0 aliphatic carbocycles. The molecule has 3 rings (SSSR count). The zero-order valence-corrected chi connectivity index (χ0v) is 15.0. The van der Waals surface area contributed by atoms with Gasteiger partial charge in [-0.15, -0.1) is 10.2 Å². The average molecular weight is 338 g/mol. The third kappa shape index (κ3) is 3.79. The van der Waals surface area contributed by atoms with E-state index in [0.29, 0.717) is 18.3 Å². The molecule has 6 nitrogen and oxygen atoms in total. The summed E-state index contributed by atoms with van der Waals surface area (Å²) in [4.78, 5) is 12.3. The Labute approximate surface area is 146 Å². The maximum atomic E-state index is 12.3. The van der Waals surface area contributed by atoms with Gasteiger partial charge in [-0.05, 0) is 32.4 Å². The highest BCUT2D eigenvalue weighted by molar-refractivity contribution is 5.76. The molecule has 1 aromatic carbocycles. The molecule has 0 bridgehead atoms. The van der Waals surface area contributed by atoms with Gasteiger partial charge in [-0.3, -0.25) is 4.79 Å². The number of hydrogen-bond donors (Lipinski definition) is 1. The highest BCUT2D eigenvalue weighted by atomic mass is 16.4. The van der Waals surface area contributed by atoms with Crippen LogP contribution in [0.4, 0.5) is 0 Å². The second-order valence-electron chi connectivity index (χ2n) is 6.26. The Morgan fingerprint density at radius 1 is 1.12 bits per heavy atom. The molecule has 0 fully saturated rings. The molecule has 0 spiro atoms. The van der Waals surface area contributed by atoms with Crippen molar-refractivity contribution in [3.8, 4) is 11.5 Å². The lowest BCUT2D eigenvalue weighted by atomic mass is 10.1. The number of aromatic nitrogens is 3. The summed E-state index contributed by atoms with van der Waals surface area (Å²) in [5, 5.41) is 10.9. The van der Waals surface area contributed by atoms with Crippen LogP contribution in [0.1, 0.15) is 28.4 Å². The lowest BCUT2D eigenvalue weighted by Crippen LogP contribution is -2.27. The molecule has 0 radical (unpaired) electrons. The van der Waals surface area contributed by atoms with Gasteiger partial charge in [-0.2, -0.15) is 0 Å². The van der Waals surface area contributed by atoms with Gasteiger partial charge in [0.25, 0.3) is 0 Å². The van der Waals surface area contributed by atoms with Gasteiger partial charge in [-0.25, -0.2) is 0 Å². The predicted octanol–water partition coefficient (Wildman–Crippen LogP) is 3.09. The normalized spacial score (nSPS) is 10.9. The largest absolute Gasteiger partial charge is 0.421 e. The fraction of sp³-hybridized carbons (Fsp3) is 0.316. The lowest BCUT2D eigenvalue weighted by molar-refractivity contribution is -0.121. The maximum Gasteiger partial charge on any atom is 0.249 e. The SMILES string of the molecule is Cc1ccc(CNC(=O)Cn2c(C)cc(-c3nnc(C)o3)c2C)cc1. The van der Waals surface area contributed by atoms with Gasteiger partial charge < -0.3 is 14.3 Å². The van der Waals surface area contributed by atoms with Crippen LogP contribution in [0, 0.1) is 27.7 Å². The minimum absolute atomic E-state index is 0.0318. The van der Waals surface area contributed by atoms with Gasteiger partial charge in [0, 0.05) is 24.9 Å². The molecule has 0 unspecified atom stereocenters. The molecule has 2 aromatic heterocycles. The smallest absolute Gasteiger partial charge is 0.249 e. The number of aryl methyl sites for hydroxylation is 3. The highest BCUT2D eigenvalue weighted by Crippen LogP contribution is 2.25. The first-order valence-electron chi connectivity index (χ1n) is 8.23. The van der Waals surface area contributed by atoms with Gasteiger partial charge >= 0.3 is 0 Å². The number of carbonyl (C=O) groups excluding carboxylic acids is 1. The van der Waals surface area contributed by atoms with Crippen molar-refractivity contribution < 1.29 is 9.21 Å². The summed E-state index contributed by atoms with van der Waals surface area (Å²) < 4.78 is 7.46. The van der Waals surface area contributed by atoms with E-state index in [0.717, 1.165) is 22.5 Å². The van der Waals surface area contributed by atoms with E-state index in [4.69, 9.17) is 4.42 Å². The van der Waals surface area contributed by atoms with E-state index in [1.165, 1.54) is 5.56 Å². The number of rotatable bonds is 5. The van der Waals surface area contributed by atoms with Gasteiger partial charge in [0.1, 0.15) is 6.54 Å². The molecule has 130 valence electrons. The Balaban J connectivity index is 1.69. The minimum Gasteiger partial charge on any atom is -0.421 e. The van der Waals surface area contributed by atoms with Gasteiger partial charge in [-0.1, -0.05) is 29.8 Å². The van der Waals surface area contributed by atoms with Crippen LogP contribution in [0.5, 0.6) is 0 Å². The first-order valence-corrected chi connectivity index (χ1v) is 8.23. The van der Waals surface area contributed by atoms with Crippen LogP contribution in [-0.2, 0) is 17.9 Å². The van der Waals surface area contributed by atoms with Crippen molar-refractivity contribution >= 4 is 5.91 Å². The third-order valence-corrected chi connectivity index (χ3v) is 4.24. The molecular weight excluding hydrogens is 316 g/mol. The Bertz CT molecular complexity index is 891. The van der Waals surface area contributed by atoms with Crippen LogP contribution < -0.4 is 5.32 Å². The van der Waals surface area contributed by atoms with Gasteiger partial charge in [0.05, 0.1) is 5.56 Å². The average Bonchev–Trinajstić information content (AvgIpc) is 3.12. The van der Waals surface area contributed by atoms with E-state index in [2.05, 4.69) is 15.5 Å². The Hall–Kier alpha value is -2.89. The van der Waals surface area contributed by atoms with E-state index < -0.39 is 0 Å². The predicted molar refractivity (Wildman–Crippen MR) is 95.0 cm³/mol. The lowest BCUT2D eigenvalue weighted by Gasteiger charge is -2.10. The van der Waals surface area contributed by atoms with Crippen molar-refractivity contribution in [2.75, 3.05) is 0 Å². The second-order valence-corrected chi connectivity index (χ2v) is 6.26. The first kappa shape index (κ1) is 17.0. The molecule has 1 amide bonds. The molecule has 3 aromatic rings. The van der Waals surface area contributed by atoms with Crippen LogP contribution in [0.15, 0.2) is 34.7 Å². The first-order chi connectivity index (χ1) is 11.9. The van der Waals surface area contributed by atoms with Crippen LogP contribution in [0.25, 0.3) is 11.5 Å². The quantitative estimate of drug-likeness (QED) is 0.776. The number of benzene rings is 1. The van der Waals surface area contributed by atoms with Gasteiger partial charge in [0.2, 0.25) is 17.7 Å². The summed E-state index contributed by atoms with van der Waals surface area (Å²) in [6, 6.07) is 10.1. The summed E-state index contributed by atoms with van der Waals surface area (Å²) in [7, 11) is 0. The van der Waals surface area contributed by atoms with E-state index in [1.54, 1.807) is 6.92 Å². The van der Waals surface area contributed by atoms with Crippen molar-refractivity contribution in [3.63, 3.8) is 0 Å². The Morgan fingerprint density at radius 3 is 2.48 bits per heavy atom. The summed E-state index contributed by atoms with van der Waals surface area (Å²) in [6.45, 7) is 8.50. The van der Waals surface area contributed by atoms with Crippen LogP contribution >= 0.6 is 0 Å². The Kier molecular flexibility index (Phi) is 4.70. The van der Waals surface area contributed by atoms with Crippen molar-refractivity contribution in [1.82, 2.24) is 20.1 Å². The van der Waals surface area contributed by atoms with Crippen molar-refractivity contribution in [2.24, 2.45) is 0 Å². The van der Waals surface area contributed by atoms with E-state index >= 15 is 0 Å². The van der Waals surface area contributed by atoms with Crippen LogP contribution in [0.3, 0.4) is 0 Å². The van der Waals surface area contributed by atoms with Gasteiger partial charge in [0.15, 0.2) is 0 Å². The highest BCUT2D eigenvalue weighted by Gasteiger charge is 2.17. The molecule has 2 heterocycles. The summed E-state index contributed by atoms with van der Waals surface area (Å²) in [5.41, 5.74) is 5.07. The number of hydrogen-bond acceptors (Lipinski definition) is 4. The molecule has 0 atom stereocenters. The van der Waals surface area contributed by atoms with Crippen molar-refractivity contribution in [1.29, 1.82) is 0 Å². The molecule has 1 N–H and O–H groups in total. The fourth-order valence-corrected chi connectivity index (χ4v) is 2.77. The standard InChI is InChI=1S/C19H22N4O2/c1-12-5-7-16(8-6-12)10-20-18(24)11-23-13(2)9-17(14(23)3)19-22-21-15(4)25-19/h5-9H,10-11H2,1-4H3,(H,20,24). The summed E-state index contributed by atoms with van der Waals surface area (Å²) in [6.07, 6.45) is 0. The molecular formula is C19H22N4O2. The zero-order chi connectivity index (χ0) is 18.0. The summed E-state index contributed by atoms with van der Waals surface area (Å²) in [5.74, 6) is 0.975. The molecule has 6 heteroatoms. The monoisotopic (exact) mass is 338 g/mol. The zero-order valence-electron chi connectivity index (χ0n) is 15.0. The van der Waals surface area contributed by atoms with E-state index in [1.807, 2.05) is 55.7 Å². The van der Waals surface area contributed by atoms with Crippen molar-refractivity contribution in [3.05, 3.63) is 58.7 Å². The maximum absolute atomic E-state index is 12.3. The minimum atomic E-state index is -0.0318. The molecule has 0 saturated carbocycles. The van der Waals surface area contributed by atoms with Crippen LogP contribution in [-0.4, -0.2) is 20.7 Å². The molecule has 0 saturated heterocycles. The second kappa shape index (κ2) is 6.93. The third-order valence-electron chi connectivity index (χ3n) is 4.24. The summed E-state index contributed by atoms with van der Waals surface area (Å²) >= 11 is 0. The van der Waals surface area contributed by atoms with Crippen LogP contribution in [0.2, 0.25) is 0 Å². The topological polar surface area (TPSA) is 73.0 Å². The Morgan fingerprint density at radius 2 is 1.84 bits per heavy atom. The number of carbonyl (C=O) groups is 1. The number of nitrogens with one attached hydrogen (secondary N) is 1. The van der Waals surface area contributed by atoms with E-state index in [-0.39, 0.29) is 12.5 Å². The van der Waals surface area contributed by atoms with Crippen molar-refractivity contribution in [2.45, 2.75) is 40.8 Å². The number of nitrogens with zero attached hydrogens (tertiary/aromatic N) is 3. The molecule has 0 aliphatic rings. The van der Waals surface area contributed by atoms with E-state index in [9.17, 15) is 4.79 Å². The molecule has 0 aliphatic heterocycles. The molecule has 25 heavy (non-hydrogen) atoms. The fourth-order valence-electron chi connectivity index (χ4n) is 2.77.